The average molecular weight is 388 g/mol. The van der Waals surface area contributed by atoms with Crippen LogP contribution in [0.2, 0.25) is 0 Å². The zero-order chi connectivity index (χ0) is 17.1. The minimum atomic E-state index is -0.248. The molecular formula is C18H18BrN3O2. The summed E-state index contributed by atoms with van der Waals surface area (Å²) >= 11 is 3.40. The molecule has 2 N–H and O–H groups in total. The van der Waals surface area contributed by atoms with Crippen LogP contribution in [0.4, 0.5) is 5.69 Å². The van der Waals surface area contributed by atoms with Gasteiger partial charge in [0.15, 0.2) is 0 Å². The number of nitrogens with one attached hydrogen (secondary N) is 2. The molecule has 3 rings (SSSR count). The van der Waals surface area contributed by atoms with Gasteiger partial charge in [0.1, 0.15) is 0 Å². The second-order valence-corrected chi connectivity index (χ2v) is 6.89. The molecule has 1 heterocycles. The summed E-state index contributed by atoms with van der Waals surface area (Å²) in [5.41, 5.74) is 2.71. The van der Waals surface area contributed by atoms with Gasteiger partial charge in [-0.1, -0.05) is 22.0 Å². The van der Waals surface area contributed by atoms with Gasteiger partial charge in [-0.05, 0) is 48.7 Å². The second-order valence-electron chi connectivity index (χ2n) is 5.98. The van der Waals surface area contributed by atoms with Gasteiger partial charge in [0, 0.05) is 29.1 Å². The minimum absolute atomic E-state index is 0.0773. The van der Waals surface area contributed by atoms with E-state index in [0.717, 1.165) is 21.3 Å². The maximum Gasteiger partial charge on any atom is 0.228 e. The molecule has 0 spiro atoms. The predicted molar refractivity (Wildman–Crippen MR) is 95.2 cm³/mol. The van der Waals surface area contributed by atoms with Gasteiger partial charge < -0.3 is 10.6 Å². The van der Waals surface area contributed by atoms with Crippen molar-refractivity contribution in [3.05, 3.63) is 58.3 Å². The normalized spacial score (nSPS) is 18.8. The molecule has 1 saturated carbocycles. The van der Waals surface area contributed by atoms with Crippen LogP contribution < -0.4 is 10.6 Å². The highest BCUT2D eigenvalue weighted by atomic mass is 79.9. The van der Waals surface area contributed by atoms with Crippen LogP contribution in [0, 0.1) is 18.8 Å². The molecule has 1 fully saturated rings. The van der Waals surface area contributed by atoms with Gasteiger partial charge in [0.2, 0.25) is 11.8 Å². The Bertz CT molecular complexity index is 764. The molecule has 1 aromatic heterocycles. The van der Waals surface area contributed by atoms with Crippen LogP contribution in [0.5, 0.6) is 0 Å². The summed E-state index contributed by atoms with van der Waals surface area (Å²) in [4.78, 5) is 28.4. The Kier molecular flexibility index (Phi) is 4.94. The third kappa shape index (κ3) is 4.00. The molecule has 124 valence electrons. The molecule has 2 aromatic rings. The molecule has 0 bridgehead atoms. The second kappa shape index (κ2) is 7.13. The number of aromatic nitrogens is 1. The Morgan fingerprint density at radius 1 is 1.25 bits per heavy atom. The van der Waals surface area contributed by atoms with Crippen molar-refractivity contribution in [3.63, 3.8) is 0 Å². The van der Waals surface area contributed by atoms with Crippen LogP contribution in [0.3, 0.4) is 0 Å². The van der Waals surface area contributed by atoms with E-state index in [0.29, 0.717) is 13.0 Å². The van der Waals surface area contributed by atoms with Crippen molar-refractivity contribution in [1.29, 1.82) is 0 Å². The van der Waals surface area contributed by atoms with E-state index in [1.165, 1.54) is 0 Å². The number of rotatable bonds is 5. The zero-order valence-electron chi connectivity index (χ0n) is 13.3. The van der Waals surface area contributed by atoms with E-state index in [-0.39, 0.29) is 23.7 Å². The van der Waals surface area contributed by atoms with E-state index >= 15 is 0 Å². The lowest BCUT2D eigenvalue weighted by Gasteiger charge is -2.09. The van der Waals surface area contributed by atoms with Crippen LogP contribution in [-0.4, -0.2) is 16.8 Å². The van der Waals surface area contributed by atoms with E-state index < -0.39 is 0 Å². The van der Waals surface area contributed by atoms with Crippen molar-refractivity contribution < 1.29 is 9.59 Å². The van der Waals surface area contributed by atoms with E-state index in [9.17, 15) is 9.59 Å². The third-order valence-electron chi connectivity index (χ3n) is 4.10. The predicted octanol–water partition coefficient (Wildman–Crippen LogP) is 3.04. The van der Waals surface area contributed by atoms with Crippen LogP contribution in [0.25, 0.3) is 0 Å². The number of carbonyl (C=O) groups is 2. The number of hydrogen-bond donors (Lipinski definition) is 2. The van der Waals surface area contributed by atoms with Gasteiger partial charge >= 0.3 is 0 Å². The molecular weight excluding hydrogens is 370 g/mol. The molecule has 1 aliphatic rings. The van der Waals surface area contributed by atoms with Gasteiger partial charge in [-0.2, -0.15) is 0 Å². The molecule has 1 aromatic carbocycles. The fraction of sp³-hybridized carbons (Fsp3) is 0.278. The highest BCUT2D eigenvalue weighted by molar-refractivity contribution is 9.10. The number of carbonyl (C=O) groups excluding carboxylic acids is 2. The first kappa shape index (κ1) is 16.6. The van der Waals surface area contributed by atoms with Gasteiger partial charge in [0.25, 0.3) is 0 Å². The Hall–Kier alpha value is -2.21. The molecule has 0 radical (unpaired) electrons. The quantitative estimate of drug-likeness (QED) is 0.827. The molecule has 0 saturated heterocycles. The number of hydrogen-bond acceptors (Lipinski definition) is 3. The van der Waals surface area contributed by atoms with Gasteiger partial charge in [0.05, 0.1) is 11.8 Å². The lowest BCUT2D eigenvalue weighted by Crippen LogP contribution is -2.27. The van der Waals surface area contributed by atoms with Crippen molar-refractivity contribution in [2.75, 3.05) is 5.32 Å². The van der Waals surface area contributed by atoms with E-state index in [2.05, 4.69) is 31.5 Å². The number of pyridine rings is 1. The number of aryl methyl sites for hydroxylation is 1. The summed E-state index contributed by atoms with van der Waals surface area (Å²) < 4.78 is 0.970. The number of halogens is 1. The smallest absolute Gasteiger partial charge is 0.228 e. The van der Waals surface area contributed by atoms with Crippen molar-refractivity contribution in [3.8, 4) is 0 Å². The standard InChI is InChI=1S/C18H18BrN3O2/c1-11-7-13(19)4-5-16(11)22-18(24)15-8-14(15)17(23)21-10-12-3-2-6-20-9-12/h2-7,9,14-15H,8,10H2,1H3,(H,21,23)(H,22,24). The largest absolute Gasteiger partial charge is 0.352 e. The van der Waals surface area contributed by atoms with Gasteiger partial charge in [-0.3, -0.25) is 14.6 Å². The first-order chi connectivity index (χ1) is 11.5. The van der Waals surface area contributed by atoms with Crippen molar-refractivity contribution in [2.24, 2.45) is 11.8 Å². The molecule has 2 atom stereocenters. The lowest BCUT2D eigenvalue weighted by molar-refractivity contribution is -0.125. The Morgan fingerprint density at radius 2 is 2.04 bits per heavy atom. The molecule has 0 aliphatic heterocycles. The van der Waals surface area contributed by atoms with Crippen LogP contribution in [0.1, 0.15) is 17.5 Å². The van der Waals surface area contributed by atoms with E-state index in [4.69, 9.17) is 0 Å². The molecule has 2 amide bonds. The summed E-state index contributed by atoms with van der Waals surface area (Å²) in [6, 6.07) is 9.42. The molecule has 24 heavy (non-hydrogen) atoms. The summed E-state index contributed by atoms with van der Waals surface area (Å²) in [6.07, 6.45) is 4.00. The van der Waals surface area contributed by atoms with Crippen LogP contribution in [-0.2, 0) is 16.1 Å². The van der Waals surface area contributed by atoms with Crippen molar-refractivity contribution in [1.82, 2.24) is 10.3 Å². The number of nitrogens with zero attached hydrogens (tertiary/aromatic N) is 1. The monoisotopic (exact) mass is 387 g/mol. The van der Waals surface area contributed by atoms with Crippen LogP contribution in [0.15, 0.2) is 47.2 Å². The Balaban J connectivity index is 1.51. The lowest BCUT2D eigenvalue weighted by atomic mass is 10.2. The maximum absolute atomic E-state index is 12.3. The molecule has 1 aliphatic carbocycles. The van der Waals surface area contributed by atoms with E-state index in [1.54, 1.807) is 12.4 Å². The summed E-state index contributed by atoms with van der Waals surface area (Å²) in [5.74, 6) is -0.659. The van der Waals surface area contributed by atoms with Crippen molar-refractivity contribution in [2.45, 2.75) is 19.9 Å². The topological polar surface area (TPSA) is 71.1 Å². The highest BCUT2D eigenvalue weighted by Gasteiger charge is 2.47. The van der Waals surface area contributed by atoms with Crippen LogP contribution >= 0.6 is 15.9 Å². The van der Waals surface area contributed by atoms with E-state index in [1.807, 2.05) is 37.3 Å². The number of anilines is 1. The molecule has 2 unspecified atom stereocenters. The average Bonchev–Trinajstić information content (AvgIpc) is 3.37. The number of amides is 2. The minimum Gasteiger partial charge on any atom is -0.352 e. The first-order valence-electron chi connectivity index (χ1n) is 7.78. The molecule has 6 heteroatoms. The fourth-order valence-corrected chi connectivity index (χ4v) is 3.07. The maximum atomic E-state index is 12.3. The van der Waals surface area contributed by atoms with Gasteiger partial charge in [-0.25, -0.2) is 0 Å². The summed E-state index contributed by atoms with van der Waals surface area (Å²) in [6.45, 7) is 2.37. The summed E-state index contributed by atoms with van der Waals surface area (Å²) in [7, 11) is 0. The van der Waals surface area contributed by atoms with Gasteiger partial charge in [-0.15, -0.1) is 0 Å². The Labute approximate surface area is 149 Å². The first-order valence-corrected chi connectivity index (χ1v) is 8.57. The number of benzene rings is 1. The fourth-order valence-electron chi connectivity index (χ4n) is 2.59. The molecule has 5 nitrogen and oxygen atoms in total. The Morgan fingerprint density at radius 3 is 2.75 bits per heavy atom. The SMILES string of the molecule is Cc1cc(Br)ccc1NC(=O)C1CC1C(=O)NCc1cccnc1. The van der Waals surface area contributed by atoms with Crippen molar-refractivity contribution >= 4 is 33.4 Å². The zero-order valence-corrected chi connectivity index (χ0v) is 14.8. The third-order valence-corrected chi connectivity index (χ3v) is 4.59. The highest BCUT2D eigenvalue weighted by Crippen LogP contribution is 2.39. The summed E-state index contributed by atoms with van der Waals surface area (Å²) in [5, 5.41) is 5.77.